The van der Waals surface area contributed by atoms with Crippen molar-refractivity contribution < 1.29 is 4.79 Å². The van der Waals surface area contributed by atoms with Crippen LogP contribution in [0.3, 0.4) is 0 Å². The standard InChI is InChI=1S/C14H18OTe/c1-3-4-8-14(11-12(2)15)16-13-9-6-5-7-10-13/h5-7,9-11H,3-4,8H2,1-2H3/b14-11-. The van der Waals surface area contributed by atoms with Crippen molar-refractivity contribution in [2.45, 2.75) is 33.1 Å². The van der Waals surface area contributed by atoms with E-state index in [1.54, 1.807) is 6.92 Å². The molecule has 0 bridgehead atoms. The van der Waals surface area contributed by atoms with Crippen molar-refractivity contribution in [3.8, 4) is 0 Å². The monoisotopic (exact) mass is 332 g/mol. The fourth-order valence-corrected chi connectivity index (χ4v) is 4.42. The number of ketones is 1. The van der Waals surface area contributed by atoms with Crippen LogP contribution in [0.25, 0.3) is 0 Å². The molecule has 0 saturated heterocycles. The Morgan fingerprint density at radius 3 is 2.56 bits per heavy atom. The van der Waals surface area contributed by atoms with Gasteiger partial charge in [0, 0.05) is 0 Å². The fourth-order valence-electron chi connectivity index (χ4n) is 1.37. The second-order valence-electron chi connectivity index (χ2n) is 3.74. The molecule has 0 heterocycles. The Morgan fingerprint density at radius 2 is 2.00 bits per heavy atom. The third kappa shape index (κ3) is 5.49. The summed E-state index contributed by atoms with van der Waals surface area (Å²) < 4.78 is 2.79. The second kappa shape index (κ2) is 7.65. The molecule has 0 fully saturated rings. The van der Waals surface area contributed by atoms with Gasteiger partial charge in [-0.2, -0.15) is 0 Å². The number of hydrogen-bond acceptors (Lipinski definition) is 1. The van der Waals surface area contributed by atoms with Crippen molar-refractivity contribution in [3.63, 3.8) is 0 Å². The molecule has 0 unspecified atom stereocenters. The quantitative estimate of drug-likeness (QED) is 0.579. The molecule has 0 N–H and O–H groups in total. The van der Waals surface area contributed by atoms with Crippen molar-refractivity contribution >= 4 is 30.3 Å². The molecule has 0 saturated carbocycles. The summed E-state index contributed by atoms with van der Waals surface area (Å²) >= 11 is -0.336. The fraction of sp³-hybridized carbons (Fsp3) is 0.357. The van der Waals surface area contributed by atoms with Gasteiger partial charge in [0.1, 0.15) is 0 Å². The third-order valence-electron chi connectivity index (χ3n) is 2.13. The van der Waals surface area contributed by atoms with Gasteiger partial charge in [0.05, 0.1) is 0 Å². The molecule has 0 aliphatic rings. The molecule has 0 aromatic heterocycles. The van der Waals surface area contributed by atoms with Crippen LogP contribution < -0.4 is 3.61 Å². The minimum absolute atomic E-state index is 0.187. The molecule has 1 aromatic rings. The Hall–Kier alpha value is -0.580. The van der Waals surface area contributed by atoms with Gasteiger partial charge in [0.15, 0.2) is 0 Å². The van der Waals surface area contributed by atoms with Gasteiger partial charge in [0.25, 0.3) is 0 Å². The maximum atomic E-state index is 11.2. The van der Waals surface area contributed by atoms with Crippen LogP contribution in [0, 0.1) is 0 Å². The van der Waals surface area contributed by atoms with Gasteiger partial charge in [0.2, 0.25) is 0 Å². The van der Waals surface area contributed by atoms with E-state index in [0.717, 1.165) is 6.42 Å². The van der Waals surface area contributed by atoms with E-state index >= 15 is 0 Å². The van der Waals surface area contributed by atoms with E-state index in [0.29, 0.717) is 0 Å². The predicted octanol–water partition coefficient (Wildman–Crippen LogP) is 2.68. The zero-order valence-corrected chi connectivity index (χ0v) is 12.2. The van der Waals surface area contributed by atoms with E-state index in [4.69, 9.17) is 0 Å². The summed E-state index contributed by atoms with van der Waals surface area (Å²) in [6.45, 7) is 3.83. The van der Waals surface area contributed by atoms with Crippen LogP contribution in [-0.4, -0.2) is 26.7 Å². The number of carbonyl (C=O) groups is 1. The zero-order valence-electron chi connectivity index (χ0n) is 9.90. The minimum atomic E-state index is -0.336. The Labute approximate surface area is 108 Å². The van der Waals surface area contributed by atoms with Crippen LogP contribution >= 0.6 is 0 Å². The SMILES string of the molecule is CCCC/C(=C/C(C)=O)[Te]c1ccccc1. The summed E-state index contributed by atoms with van der Waals surface area (Å²) in [5.41, 5.74) is 0. The van der Waals surface area contributed by atoms with E-state index in [-0.39, 0.29) is 26.7 Å². The summed E-state index contributed by atoms with van der Waals surface area (Å²) in [5, 5.41) is 0. The molecule has 2 heteroatoms. The molecule has 1 nitrogen and oxygen atoms in total. The summed E-state index contributed by atoms with van der Waals surface area (Å²) in [6.07, 6.45) is 5.33. The molecule has 1 rings (SSSR count). The Balaban J connectivity index is 2.67. The molecule has 0 radical (unpaired) electrons. The molecule has 0 aliphatic heterocycles. The summed E-state index contributed by atoms with van der Waals surface area (Å²) in [4.78, 5) is 11.2. The normalized spacial score (nSPS) is 11.5. The molecule has 0 amide bonds. The number of hydrogen-bond donors (Lipinski definition) is 0. The molecule has 0 spiro atoms. The van der Waals surface area contributed by atoms with Crippen LogP contribution in [-0.2, 0) is 4.79 Å². The van der Waals surface area contributed by atoms with E-state index in [9.17, 15) is 4.79 Å². The van der Waals surface area contributed by atoms with Crippen molar-refractivity contribution in [2.24, 2.45) is 0 Å². The van der Waals surface area contributed by atoms with Crippen LogP contribution in [0.1, 0.15) is 33.1 Å². The van der Waals surface area contributed by atoms with Gasteiger partial charge in [-0.05, 0) is 0 Å². The number of benzene rings is 1. The van der Waals surface area contributed by atoms with Gasteiger partial charge in [-0.3, -0.25) is 0 Å². The maximum absolute atomic E-state index is 11.2. The van der Waals surface area contributed by atoms with Crippen molar-refractivity contribution in [2.75, 3.05) is 0 Å². The zero-order chi connectivity index (χ0) is 11.8. The van der Waals surface area contributed by atoms with Gasteiger partial charge >= 0.3 is 108 Å². The first-order valence-corrected chi connectivity index (χ1v) is 7.99. The molecule has 0 aliphatic carbocycles. The van der Waals surface area contributed by atoms with E-state index in [1.165, 1.54) is 20.1 Å². The first-order valence-electron chi connectivity index (χ1n) is 5.66. The summed E-state index contributed by atoms with van der Waals surface area (Å²) in [5.74, 6) is 0.187. The van der Waals surface area contributed by atoms with Gasteiger partial charge in [-0.1, -0.05) is 0 Å². The van der Waals surface area contributed by atoms with Crippen LogP contribution in [0.4, 0.5) is 0 Å². The first kappa shape index (κ1) is 13.5. The average Bonchev–Trinajstić information content (AvgIpc) is 2.26. The van der Waals surface area contributed by atoms with Gasteiger partial charge in [-0.25, -0.2) is 0 Å². The summed E-state index contributed by atoms with van der Waals surface area (Å²) in [7, 11) is 0. The van der Waals surface area contributed by atoms with Crippen LogP contribution in [0.15, 0.2) is 40.0 Å². The molecular weight excluding hydrogens is 312 g/mol. The van der Waals surface area contributed by atoms with Crippen LogP contribution in [0.5, 0.6) is 0 Å². The van der Waals surface area contributed by atoms with Gasteiger partial charge < -0.3 is 0 Å². The molecule has 0 atom stereocenters. The number of allylic oxidation sites excluding steroid dienone is 2. The van der Waals surface area contributed by atoms with Crippen molar-refractivity contribution in [1.29, 1.82) is 0 Å². The van der Waals surface area contributed by atoms with Crippen LogP contribution in [0.2, 0.25) is 0 Å². The number of rotatable bonds is 6. The summed E-state index contributed by atoms with van der Waals surface area (Å²) in [6, 6.07) is 10.5. The first-order chi connectivity index (χ1) is 7.72. The number of carbonyl (C=O) groups excluding carboxylic acids is 1. The predicted molar refractivity (Wildman–Crippen MR) is 70.1 cm³/mol. The molecule has 86 valence electrons. The van der Waals surface area contributed by atoms with Crippen molar-refractivity contribution in [3.05, 3.63) is 40.0 Å². The molecular formula is C14H18OTe. The molecule has 1 aromatic carbocycles. The van der Waals surface area contributed by atoms with Crippen molar-refractivity contribution in [1.82, 2.24) is 0 Å². The van der Waals surface area contributed by atoms with E-state index in [1.807, 2.05) is 12.1 Å². The average molecular weight is 330 g/mol. The molecule has 16 heavy (non-hydrogen) atoms. The van der Waals surface area contributed by atoms with E-state index in [2.05, 4.69) is 31.2 Å². The van der Waals surface area contributed by atoms with E-state index < -0.39 is 0 Å². The topological polar surface area (TPSA) is 17.1 Å². The third-order valence-corrected chi connectivity index (χ3v) is 5.25. The second-order valence-corrected chi connectivity index (χ2v) is 7.16. The Morgan fingerprint density at radius 1 is 1.31 bits per heavy atom. The Kier molecular flexibility index (Phi) is 6.45. The Bertz CT molecular complexity index is 354. The number of unbranched alkanes of at least 4 members (excludes halogenated alkanes) is 1. The van der Waals surface area contributed by atoms with Gasteiger partial charge in [-0.15, -0.1) is 0 Å².